The zero-order chi connectivity index (χ0) is 9.97. The number of nitrogens with one attached hydrogen (secondary N) is 1. The second-order valence-corrected chi connectivity index (χ2v) is 4.25. The van der Waals surface area contributed by atoms with Gasteiger partial charge in [0.1, 0.15) is 0 Å². The molecule has 14 heavy (non-hydrogen) atoms. The maximum atomic E-state index is 9.55. The van der Waals surface area contributed by atoms with Crippen molar-refractivity contribution in [3.05, 3.63) is 0 Å². The predicted molar refractivity (Wildman–Crippen MR) is 52.2 cm³/mol. The van der Waals surface area contributed by atoms with Gasteiger partial charge >= 0.3 is 0 Å². The number of aliphatic hydroxyl groups is 1. The molecule has 4 unspecified atom stereocenters. The molecule has 2 N–H and O–H groups in total. The Hall–Kier alpha value is -0.160. The minimum absolute atomic E-state index is 0.121. The summed E-state index contributed by atoms with van der Waals surface area (Å²) in [5, 5.41) is 13.0. The van der Waals surface area contributed by atoms with Crippen molar-refractivity contribution in [2.45, 2.75) is 43.6 Å². The van der Waals surface area contributed by atoms with Gasteiger partial charge < -0.3 is 19.9 Å². The molecule has 0 bridgehead atoms. The van der Waals surface area contributed by atoms with Crippen molar-refractivity contribution in [1.29, 1.82) is 0 Å². The smallest absolute Gasteiger partial charge is 0.0948 e. The van der Waals surface area contributed by atoms with E-state index in [-0.39, 0.29) is 12.1 Å². The topological polar surface area (TPSA) is 50.7 Å². The highest BCUT2D eigenvalue weighted by atomic mass is 16.5. The van der Waals surface area contributed by atoms with Crippen molar-refractivity contribution in [3.63, 3.8) is 0 Å². The molecular formula is C10H19NO3. The van der Waals surface area contributed by atoms with Crippen molar-refractivity contribution in [1.82, 2.24) is 5.32 Å². The molecule has 0 aromatic carbocycles. The quantitative estimate of drug-likeness (QED) is 0.669. The molecule has 1 aliphatic carbocycles. The first-order valence-electron chi connectivity index (χ1n) is 5.34. The van der Waals surface area contributed by atoms with E-state index >= 15 is 0 Å². The van der Waals surface area contributed by atoms with E-state index in [1.165, 1.54) is 0 Å². The lowest BCUT2D eigenvalue weighted by molar-refractivity contribution is 0.104. The van der Waals surface area contributed by atoms with Gasteiger partial charge in [0.2, 0.25) is 0 Å². The Morgan fingerprint density at radius 1 is 1.36 bits per heavy atom. The Labute approximate surface area is 84.6 Å². The summed E-state index contributed by atoms with van der Waals surface area (Å²) in [4.78, 5) is 0. The summed E-state index contributed by atoms with van der Waals surface area (Å²) in [6.07, 6.45) is 3.38. The molecule has 1 aliphatic heterocycles. The maximum absolute atomic E-state index is 9.55. The lowest BCUT2D eigenvalue weighted by atomic mass is 10.1. The van der Waals surface area contributed by atoms with Gasteiger partial charge in [-0.05, 0) is 19.3 Å². The standard InChI is InChI=1S/C10H19NO3/c1-13-8-3-2-7(4-8)11-9-5-14-6-10(9)12/h7-12H,2-6H2,1H3. The van der Waals surface area contributed by atoms with Crippen molar-refractivity contribution in [2.75, 3.05) is 20.3 Å². The maximum Gasteiger partial charge on any atom is 0.0948 e. The van der Waals surface area contributed by atoms with Crippen molar-refractivity contribution < 1.29 is 14.6 Å². The zero-order valence-electron chi connectivity index (χ0n) is 8.61. The monoisotopic (exact) mass is 201 g/mol. The van der Waals surface area contributed by atoms with E-state index in [1.54, 1.807) is 7.11 Å². The van der Waals surface area contributed by atoms with Crippen LogP contribution >= 0.6 is 0 Å². The first kappa shape index (κ1) is 10.4. The fourth-order valence-corrected chi connectivity index (χ4v) is 2.31. The third-order valence-corrected chi connectivity index (χ3v) is 3.22. The molecule has 2 rings (SSSR count). The first-order valence-corrected chi connectivity index (χ1v) is 5.34. The van der Waals surface area contributed by atoms with Crippen LogP contribution in [0.4, 0.5) is 0 Å². The normalized spacial score (nSPS) is 43.3. The summed E-state index contributed by atoms with van der Waals surface area (Å²) < 4.78 is 10.5. The third kappa shape index (κ3) is 2.25. The lowest BCUT2D eigenvalue weighted by Gasteiger charge is -2.20. The summed E-state index contributed by atoms with van der Waals surface area (Å²) in [5.74, 6) is 0. The SMILES string of the molecule is COC1CCC(NC2COCC2O)C1. The molecule has 0 aromatic heterocycles. The largest absolute Gasteiger partial charge is 0.389 e. The second-order valence-electron chi connectivity index (χ2n) is 4.25. The van der Waals surface area contributed by atoms with Crippen molar-refractivity contribution in [2.24, 2.45) is 0 Å². The van der Waals surface area contributed by atoms with Gasteiger partial charge in [-0.2, -0.15) is 0 Å². The van der Waals surface area contributed by atoms with Gasteiger partial charge in [-0.3, -0.25) is 0 Å². The molecule has 1 saturated carbocycles. The molecule has 2 aliphatic rings. The van der Waals surface area contributed by atoms with E-state index in [0.717, 1.165) is 19.3 Å². The molecule has 0 radical (unpaired) electrons. The van der Waals surface area contributed by atoms with E-state index in [1.807, 2.05) is 0 Å². The van der Waals surface area contributed by atoms with E-state index in [9.17, 15) is 5.11 Å². The summed E-state index contributed by atoms with van der Waals surface area (Å²) in [6, 6.07) is 0.608. The highest BCUT2D eigenvalue weighted by Crippen LogP contribution is 2.22. The fourth-order valence-electron chi connectivity index (χ4n) is 2.31. The highest BCUT2D eigenvalue weighted by Gasteiger charge is 2.31. The number of rotatable bonds is 3. The zero-order valence-corrected chi connectivity index (χ0v) is 8.61. The van der Waals surface area contributed by atoms with Crippen LogP contribution in [-0.4, -0.2) is 49.7 Å². The average molecular weight is 201 g/mol. The molecule has 4 heteroatoms. The van der Waals surface area contributed by atoms with Gasteiger partial charge in [-0.25, -0.2) is 0 Å². The van der Waals surface area contributed by atoms with Crippen LogP contribution in [-0.2, 0) is 9.47 Å². The summed E-state index contributed by atoms with van der Waals surface area (Å²) >= 11 is 0. The highest BCUT2D eigenvalue weighted by molar-refractivity contribution is 4.88. The van der Waals surface area contributed by atoms with Crippen molar-refractivity contribution in [3.8, 4) is 0 Å². The molecule has 0 aromatic rings. The van der Waals surface area contributed by atoms with Gasteiger partial charge in [0.05, 0.1) is 31.5 Å². The minimum atomic E-state index is -0.336. The molecule has 2 fully saturated rings. The molecule has 0 amide bonds. The molecule has 4 nitrogen and oxygen atoms in total. The Bertz CT molecular complexity index is 188. The van der Waals surface area contributed by atoms with Crippen LogP contribution in [0.25, 0.3) is 0 Å². The van der Waals surface area contributed by atoms with Crippen LogP contribution < -0.4 is 5.32 Å². The molecule has 1 heterocycles. The number of ether oxygens (including phenoxy) is 2. The van der Waals surface area contributed by atoms with Gasteiger partial charge in [0, 0.05) is 13.2 Å². The number of hydrogen-bond acceptors (Lipinski definition) is 4. The van der Waals surface area contributed by atoms with Gasteiger partial charge in [0.15, 0.2) is 0 Å². The number of aliphatic hydroxyl groups excluding tert-OH is 1. The van der Waals surface area contributed by atoms with Crippen LogP contribution in [0.2, 0.25) is 0 Å². The van der Waals surface area contributed by atoms with Crippen LogP contribution in [0.15, 0.2) is 0 Å². The van der Waals surface area contributed by atoms with Crippen LogP contribution in [0.5, 0.6) is 0 Å². The van der Waals surface area contributed by atoms with E-state index in [2.05, 4.69) is 5.32 Å². The Morgan fingerprint density at radius 2 is 2.21 bits per heavy atom. The first-order chi connectivity index (χ1) is 6.79. The number of methoxy groups -OCH3 is 1. The van der Waals surface area contributed by atoms with E-state index in [0.29, 0.717) is 25.4 Å². The van der Waals surface area contributed by atoms with Gasteiger partial charge in [-0.1, -0.05) is 0 Å². The average Bonchev–Trinajstić information content (AvgIpc) is 2.77. The van der Waals surface area contributed by atoms with Crippen LogP contribution in [0.3, 0.4) is 0 Å². The number of hydrogen-bond donors (Lipinski definition) is 2. The molecule has 82 valence electrons. The Kier molecular flexibility index (Phi) is 3.38. The lowest BCUT2D eigenvalue weighted by Crippen LogP contribution is -2.44. The third-order valence-electron chi connectivity index (χ3n) is 3.22. The summed E-state index contributed by atoms with van der Waals surface area (Å²) in [5.41, 5.74) is 0. The predicted octanol–water partition coefficient (Wildman–Crippen LogP) is -0.0968. The Balaban J connectivity index is 1.75. The Morgan fingerprint density at radius 3 is 2.79 bits per heavy atom. The molecule has 4 atom stereocenters. The van der Waals surface area contributed by atoms with Gasteiger partial charge in [0.25, 0.3) is 0 Å². The van der Waals surface area contributed by atoms with Crippen LogP contribution in [0, 0.1) is 0 Å². The van der Waals surface area contributed by atoms with Crippen molar-refractivity contribution >= 4 is 0 Å². The van der Waals surface area contributed by atoms with Crippen LogP contribution in [0.1, 0.15) is 19.3 Å². The molecular weight excluding hydrogens is 182 g/mol. The molecule has 0 spiro atoms. The molecule has 1 saturated heterocycles. The van der Waals surface area contributed by atoms with E-state index < -0.39 is 0 Å². The minimum Gasteiger partial charge on any atom is -0.389 e. The summed E-state index contributed by atoms with van der Waals surface area (Å²) in [6.45, 7) is 1.10. The second kappa shape index (κ2) is 4.57. The fraction of sp³-hybridized carbons (Fsp3) is 1.00. The summed E-state index contributed by atoms with van der Waals surface area (Å²) in [7, 11) is 1.76. The van der Waals surface area contributed by atoms with Gasteiger partial charge in [-0.15, -0.1) is 0 Å². The van der Waals surface area contributed by atoms with E-state index in [4.69, 9.17) is 9.47 Å².